The molecule has 3 nitrogen and oxygen atoms in total. The van der Waals surface area contributed by atoms with Crippen molar-refractivity contribution in [2.75, 3.05) is 19.6 Å². The first-order valence-electron chi connectivity index (χ1n) is 8.77. The fourth-order valence-electron chi connectivity index (χ4n) is 3.62. The molecule has 1 atom stereocenters. The van der Waals surface area contributed by atoms with Crippen LogP contribution in [0, 0.1) is 5.82 Å². The van der Waals surface area contributed by atoms with Gasteiger partial charge in [0.2, 0.25) is 0 Å². The van der Waals surface area contributed by atoms with Crippen LogP contribution in [0.1, 0.15) is 30.1 Å². The Labute approximate surface area is 147 Å². The molecule has 2 aliphatic heterocycles. The number of ether oxygens (including phenoxy) is 1. The summed E-state index contributed by atoms with van der Waals surface area (Å²) in [6.07, 6.45) is 5.53. The lowest BCUT2D eigenvalue weighted by Crippen LogP contribution is -2.48. The number of aliphatic hydroxyl groups is 1. The first-order valence-corrected chi connectivity index (χ1v) is 8.77. The summed E-state index contributed by atoms with van der Waals surface area (Å²) in [5, 5.41) is 10.4. The number of likely N-dealkylation sites (tertiary alicyclic amines) is 1. The highest BCUT2D eigenvalue weighted by Gasteiger charge is 2.36. The van der Waals surface area contributed by atoms with E-state index in [-0.39, 0.29) is 11.4 Å². The van der Waals surface area contributed by atoms with Crippen molar-refractivity contribution in [3.63, 3.8) is 0 Å². The third-order valence-corrected chi connectivity index (χ3v) is 5.19. The van der Waals surface area contributed by atoms with Crippen molar-refractivity contribution in [2.45, 2.75) is 24.5 Å². The van der Waals surface area contributed by atoms with E-state index in [2.05, 4.69) is 23.1 Å². The first kappa shape index (κ1) is 16.3. The van der Waals surface area contributed by atoms with Crippen LogP contribution in [0.2, 0.25) is 0 Å². The van der Waals surface area contributed by atoms with Gasteiger partial charge in [0.05, 0.1) is 6.10 Å². The van der Waals surface area contributed by atoms with Crippen LogP contribution in [0.15, 0.2) is 54.6 Å². The van der Waals surface area contributed by atoms with Gasteiger partial charge >= 0.3 is 0 Å². The van der Waals surface area contributed by atoms with Gasteiger partial charge in [0.25, 0.3) is 0 Å². The Kier molecular flexibility index (Phi) is 4.32. The monoisotopic (exact) mass is 339 g/mol. The Morgan fingerprint density at radius 3 is 2.56 bits per heavy atom. The van der Waals surface area contributed by atoms with E-state index in [0.717, 1.165) is 42.8 Å². The van der Waals surface area contributed by atoms with E-state index >= 15 is 0 Å². The zero-order valence-corrected chi connectivity index (χ0v) is 14.1. The highest BCUT2D eigenvalue weighted by Crippen LogP contribution is 2.37. The van der Waals surface area contributed by atoms with Crippen molar-refractivity contribution < 1.29 is 14.2 Å². The van der Waals surface area contributed by atoms with Gasteiger partial charge in [0, 0.05) is 38.0 Å². The molecule has 2 aromatic carbocycles. The number of hydrogen-bond acceptors (Lipinski definition) is 3. The normalized spacial score (nSPS) is 20.1. The van der Waals surface area contributed by atoms with Gasteiger partial charge in [-0.3, -0.25) is 0 Å². The van der Waals surface area contributed by atoms with Crippen molar-refractivity contribution >= 4 is 6.08 Å². The van der Waals surface area contributed by atoms with Crippen LogP contribution in [0.4, 0.5) is 4.39 Å². The third-order valence-electron chi connectivity index (χ3n) is 5.19. The molecule has 0 unspecified atom stereocenters. The molecular weight excluding hydrogens is 317 g/mol. The molecule has 2 aromatic rings. The molecule has 0 bridgehead atoms. The average molecular weight is 339 g/mol. The maximum absolute atomic E-state index is 13.0. The van der Waals surface area contributed by atoms with Crippen LogP contribution in [-0.4, -0.2) is 35.2 Å². The van der Waals surface area contributed by atoms with Gasteiger partial charge < -0.3 is 14.7 Å². The largest absolute Gasteiger partial charge is 0.482 e. The van der Waals surface area contributed by atoms with Gasteiger partial charge in [-0.1, -0.05) is 36.4 Å². The maximum atomic E-state index is 13.0. The van der Waals surface area contributed by atoms with Crippen molar-refractivity contribution in [1.82, 2.24) is 4.90 Å². The van der Waals surface area contributed by atoms with E-state index < -0.39 is 6.10 Å². The fourth-order valence-corrected chi connectivity index (χ4v) is 3.62. The number of benzene rings is 2. The van der Waals surface area contributed by atoms with Gasteiger partial charge in [-0.15, -0.1) is 0 Å². The smallest absolute Gasteiger partial charge is 0.130 e. The van der Waals surface area contributed by atoms with Crippen LogP contribution in [0.5, 0.6) is 5.75 Å². The molecule has 0 aliphatic carbocycles. The molecule has 2 aliphatic rings. The van der Waals surface area contributed by atoms with Crippen LogP contribution >= 0.6 is 0 Å². The lowest BCUT2D eigenvalue weighted by Gasteiger charge is -2.42. The SMILES string of the molecule is O[C@H](CN1CCC2(C=Cc3ccccc3O2)CC1)c1ccc(F)cc1. The number of nitrogens with zero attached hydrogens (tertiary/aromatic N) is 1. The fraction of sp³-hybridized carbons (Fsp3) is 0.333. The minimum atomic E-state index is -0.599. The standard InChI is InChI=1S/C21H22FNO2/c22-18-7-5-16(6-8-18)19(24)15-23-13-11-21(12-14-23)10-9-17-3-1-2-4-20(17)25-21/h1-10,19,24H,11-15H2/t19-/m1/s1. The quantitative estimate of drug-likeness (QED) is 0.923. The molecule has 4 rings (SSSR count). The molecule has 0 aromatic heterocycles. The number of para-hydroxylation sites is 1. The summed E-state index contributed by atoms with van der Waals surface area (Å²) in [5.74, 6) is 0.669. The number of halogens is 1. The number of aliphatic hydroxyl groups excluding tert-OH is 1. The van der Waals surface area contributed by atoms with Gasteiger partial charge in [0.15, 0.2) is 0 Å². The minimum Gasteiger partial charge on any atom is -0.482 e. The number of β-amino-alcohol motifs (C(OH)–C–C–N with tert-alkyl or cyclic N) is 1. The number of fused-ring (bicyclic) bond motifs is 1. The highest BCUT2D eigenvalue weighted by atomic mass is 19.1. The van der Waals surface area contributed by atoms with Crippen LogP contribution in [-0.2, 0) is 0 Å². The van der Waals surface area contributed by atoms with Crippen molar-refractivity contribution in [3.8, 4) is 5.75 Å². The second-order valence-electron chi connectivity index (χ2n) is 6.91. The third kappa shape index (κ3) is 3.46. The van der Waals surface area contributed by atoms with Crippen molar-refractivity contribution in [3.05, 3.63) is 71.6 Å². The van der Waals surface area contributed by atoms with Gasteiger partial charge in [-0.25, -0.2) is 4.39 Å². The molecular formula is C21H22FNO2. The predicted molar refractivity (Wildman–Crippen MR) is 95.9 cm³/mol. The molecule has 1 N–H and O–H groups in total. The van der Waals surface area contributed by atoms with Gasteiger partial charge in [-0.2, -0.15) is 0 Å². The Morgan fingerprint density at radius 1 is 1.08 bits per heavy atom. The molecule has 2 heterocycles. The first-order chi connectivity index (χ1) is 12.1. The Bertz CT molecular complexity index is 764. The zero-order chi connectivity index (χ0) is 17.3. The number of rotatable bonds is 3. The lowest BCUT2D eigenvalue weighted by molar-refractivity contribution is 0.0201. The molecule has 0 radical (unpaired) electrons. The topological polar surface area (TPSA) is 32.7 Å². The summed E-state index contributed by atoms with van der Waals surface area (Å²) in [6.45, 7) is 2.29. The zero-order valence-electron chi connectivity index (χ0n) is 14.1. The minimum absolute atomic E-state index is 0.230. The van der Waals surface area contributed by atoms with Crippen molar-refractivity contribution in [2.24, 2.45) is 0 Å². The van der Waals surface area contributed by atoms with E-state index in [1.54, 1.807) is 12.1 Å². The van der Waals surface area contributed by atoms with Crippen LogP contribution in [0.3, 0.4) is 0 Å². The van der Waals surface area contributed by atoms with E-state index in [0.29, 0.717) is 6.54 Å². The Balaban J connectivity index is 1.37. The predicted octanol–water partition coefficient (Wildman–Crippen LogP) is 3.80. The molecule has 1 saturated heterocycles. The molecule has 0 saturated carbocycles. The maximum Gasteiger partial charge on any atom is 0.130 e. The van der Waals surface area contributed by atoms with Crippen molar-refractivity contribution in [1.29, 1.82) is 0 Å². The highest BCUT2D eigenvalue weighted by molar-refractivity contribution is 5.60. The van der Waals surface area contributed by atoms with Crippen LogP contribution < -0.4 is 4.74 Å². The molecule has 4 heteroatoms. The second kappa shape index (κ2) is 6.62. The molecule has 0 amide bonds. The van der Waals surface area contributed by atoms with E-state index in [9.17, 15) is 9.50 Å². The Hall–Kier alpha value is -2.17. The Morgan fingerprint density at radius 2 is 1.80 bits per heavy atom. The number of piperidine rings is 1. The average Bonchev–Trinajstić information content (AvgIpc) is 2.64. The van der Waals surface area contributed by atoms with E-state index in [4.69, 9.17) is 4.74 Å². The summed E-state index contributed by atoms with van der Waals surface area (Å²) in [5.41, 5.74) is 1.65. The van der Waals surface area contributed by atoms with E-state index in [1.807, 2.05) is 18.2 Å². The summed E-state index contributed by atoms with van der Waals surface area (Å²) >= 11 is 0. The summed E-state index contributed by atoms with van der Waals surface area (Å²) < 4.78 is 19.3. The second-order valence-corrected chi connectivity index (χ2v) is 6.91. The summed E-state index contributed by atoms with van der Waals surface area (Å²) in [4.78, 5) is 2.25. The summed E-state index contributed by atoms with van der Waals surface area (Å²) in [6, 6.07) is 14.2. The van der Waals surface area contributed by atoms with Gasteiger partial charge in [-0.05, 0) is 29.8 Å². The number of hydrogen-bond donors (Lipinski definition) is 1. The molecule has 25 heavy (non-hydrogen) atoms. The van der Waals surface area contributed by atoms with E-state index in [1.165, 1.54) is 12.1 Å². The van der Waals surface area contributed by atoms with Crippen LogP contribution in [0.25, 0.3) is 6.08 Å². The summed E-state index contributed by atoms with van der Waals surface area (Å²) in [7, 11) is 0. The lowest BCUT2D eigenvalue weighted by atomic mass is 9.88. The molecule has 1 fully saturated rings. The molecule has 130 valence electrons. The van der Waals surface area contributed by atoms with Gasteiger partial charge in [0.1, 0.15) is 17.2 Å². The molecule has 1 spiro atoms.